The highest BCUT2D eigenvalue weighted by Crippen LogP contribution is 2.50. The summed E-state index contributed by atoms with van der Waals surface area (Å²) in [5.74, 6) is -0.330. The zero-order valence-electron chi connectivity index (χ0n) is 13.3. The third kappa shape index (κ3) is 1.74. The molecule has 23 heavy (non-hydrogen) atoms. The third-order valence-corrected chi connectivity index (χ3v) is 5.44. The number of hydrogen-bond donors (Lipinski definition) is 1. The molecule has 0 radical (unpaired) electrons. The maximum absolute atomic E-state index is 11.7. The van der Waals surface area contributed by atoms with Gasteiger partial charge in [0.15, 0.2) is 0 Å². The van der Waals surface area contributed by atoms with Crippen LogP contribution < -0.4 is 4.74 Å². The van der Waals surface area contributed by atoms with Crippen molar-refractivity contribution in [3.8, 4) is 5.75 Å². The summed E-state index contributed by atoms with van der Waals surface area (Å²) in [6, 6.07) is 5.92. The molecule has 0 saturated carbocycles. The molecular formula is C18H20N2O3. The fraction of sp³-hybridized carbons (Fsp3) is 0.389. The number of nitrogens with zero attached hydrogens (tertiary/aromatic N) is 2. The van der Waals surface area contributed by atoms with Crippen LogP contribution in [0.25, 0.3) is 10.9 Å². The lowest BCUT2D eigenvalue weighted by atomic mass is 9.74. The molecule has 1 aromatic carbocycles. The summed E-state index contributed by atoms with van der Waals surface area (Å²) < 4.78 is 7.50. The average Bonchev–Trinajstić information content (AvgIpc) is 2.80. The van der Waals surface area contributed by atoms with Crippen LogP contribution in [0.5, 0.6) is 5.75 Å². The van der Waals surface area contributed by atoms with Crippen LogP contribution in [0, 0.1) is 5.92 Å². The van der Waals surface area contributed by atoms with E-state index in [0.29, 0.717) is 0 Å². The second-order valence-electron chi connectivity index (χ2n) is 6.33. The molecule has 1 fully saturated rings. The number of methoxy groups -OCH3 is 1. The Morgan fingerprint density at radius 3 is 2.91 bits per heavy atom. The quantitative estimate of drug-likeness (QED) is 0.884. The Kier molecular flexibility index (Phi) is 3.03. The van der Waals surface area contributed by atoms with E-state index in [1.165, 1.54) is 10.9 Å². The van der Waals surface area contributed by atoms with Crippen LogP contribution in [-0.4, -0.2) is 40.2 Å². The standard InChI is InChI=1S/C18H20N2O3/c1-4-13-15(18(21)22)17-16-11(7-8-20(13)17)12-9-10(23-3)5-6-14(12)19(16)2/h4-6,9,13,15,17H,1,7-8H2,2-3H3,(H,21,22)/t13-,15-,17+/m1/s1. The van der Waals surface area contributed by atoms with Crippen molar-refractivity contribution in [1.29, 1.82) is 0 Å². The molecule has 120 valence electrons. The molecule has 0 bridgehead atoms. The van der Waals surface area contributed by atoms with Crippen molar-refractivity contribution in [2.75, 3.05) is 13.7 Å². The van der Waals surface area contributed by atoms with Crippen LogP contribution in [0.1, 0.15) is 17.3 Å². The molecule has 1 saturated heterocycles. The SMILES string of the molecule is C=C[C@@H]1[C@@H](C(=O)O)[C@H]2c3c(c4cc(OC)ccc4n3C)CCN12. The highest BCUT2D eigenvalue weighted by molar-refractivity contribution is 5.88. The van der Waals surface area contributed by atoms with Crippen molar-refractivity contribution in [2.24, 2.45) is 13.0 Å². The summed E-state index contributed by atoms with van der Waals surface area (Å²) in [6.45, 7) is 4.69. The Hall–Kier alpha value is -2.27. The lowest BCUT2D eigenvalue weighted by Crippen LogP contribution is -2.62. The zero-order valence-corrected chi connectivity index (χ0v) is 13.3. The molecule has 1 aromatic heterocycles. The van der Waals surface area contributed by atoms with Gasteiger partial charge in [0.2, 0.25) is 0 Å². The van der Waals surface area contributed by atoms with Crippen LogP contribution in [0.2, 0.25) is 0 Å². The van der Waals surface area contributed by atoms with E-state index in [4.69, 9.17) is 4.74 Å². The Labute approximate surface area is 134 Å². The van der Waals surface area contributed by atoms with E-state index in [9.17, 15) is 9.90 Å². The number of aryl methyl sites for hydroxylation is 1. The number of hydrogen-bond acceptors (Lipinski definition) is 3. The molecule has 2 aromatic rings. The van der Waals surface area contributed by atoms with E-state index in [1.54, 1.807) is 13.2 Å². The maximum Gasteiger partial charge on any atom is 0.310 e. The van der Waals surface area contributed by atoms with Crippen LogP contribution >= 0.6 is 0 Å². The van der Waals surface area contributed by atoms with Gasteiger partial charge in [-0.05, 0) is 30.2 Å². The van der Waals surface area contributed by atoms with Gasteiger partial charge in [0, 0.05) is 36.2 Å². The predicted molar refractivity (Wildman–Crippen MR) is 87.7 cm³/mol. The maximum atomic E-state index is 11.7. The van der Waals surface area contributed by atoms with Gasteiger partial charge in [-0.25, -0.2) is 0 Å². The number of benzene rings is 1. The van der Waals surface area contributed by atoms with E-state index in [2.05, 4.69) is 28.2 Å². The molecule has 0 aliphatic carbocycles. The van der Waals surface area contributed by atoms with Crippen molar-refractivity contribution in [1.82, 2.24) is 9.47 Å². The average molecular weight is 312 g/mol. The van der Waals surface area contributed by atoms with Crippen molar-refractivity contribution >= 4 is 16.9 Å². The van der Waals surface area contributed by atoms with Gasteiger partial charge in [0.25, 0.3) is 0 Å². The molecule has 3 heterocycles. The molecule has 0 unspecified atom stereocenters. The Morgan fingerprint density at radius 2 is 2.26 bits per heavy atom. The van der Waals surface area contributed by atoms with E-state index < -0.39 is 11.9 Å². The van der Waals surface area contributed by atoms with Crippen LogP contribution in [0.3, 0.4) is 0 Å². The van der Waals surface area contributed by atoms with Gasteiger partial charge in [-0.3, -0.25) is 9.69 Å². The fourth-order valence-electron chi connectivity index (χ4n) is 4.39. The first-order valence-electron chi connectivity index (χ1n) is 7.84. The summed E-state index contributed by atoms with van der Waals surface area (Å²) in [7, 11) is 3.69. The largest absolute Gasteiger partial charge is 0.497 e. The Bertz CT molecular complexity index is 823. The molecule has 5 heteroatoms. The van der Waals surface area contributed by atoms with E-state index >= 15 is 0 Å². The molecule has 2 aliphatic heterocycles. The highest BCUT2D eigenvalue weighted by atomic mass is 16.5. The Morgan fingerprint density at radius 1 is 1.48 bits per heavy atom. The van der Waals surface area contributed by atoms with Gasteiger partial charge >= 0.3 is 5.97 Å². The van der Waals surface area contributed by atoms with E-state index in [-0.39, 0.29) is 12.1 Å². The molecule has 1 N–H and O–H groups in total. The predicted octanol–water partition coefficient (Wildman–Crippen LogP) is 2.36. The normalized spacial score (nSPS) is 26.3. The molecule has 2 aliphatic rings. The molecule has 5 nitrogen and oxygen atoms in total. The minimum absolute atomic E-state index is 0.0670. The fourth-order valence-corrected chi connectivity index (χ4v) is 4.39. The first-order valence-corrected chi connectivity index (χ1v) is 7.84. The molecule has 4 rings (SSSR count). The first-order chi connectivity index (χ1) is 11.1. The van der Waals surface area contributed by atoms with E-state index in [1.807, 2.05) is 13.1 Å². The number of aliphatic carboxylic acids is 1. The van der Waals surface area contributed by atoms with E-state index in [0.717, 1.165) is 29.9 Å². The van der Waals surface area contributed by atoms with Crippen LogP contribution in [0.4, 0.5) is 0 Å². The zero-order chi connectivity index (χ0) is 16.3. The monoisotopic (exact) mass is 312 g/mol. The number of aromatic nitrogens is 1. The summed E-state index contributed by atoms with van der Waals surface area (Å²) in [5, 5.41) is 10.8. The van der Waals surface area contributed by atoms with Crippen LogP contribution in [0.15, 0.2) is 30.9 Å². The van der Waals surface area contributed by atoms with Gasteiger partial charge in [0.05, 0.1) is 19.1 Å². The first kappa shape index (κ1) is 14.3. The van der Waals surface area contributed by atoms with Crippen molar-refractivity contribution in [3.63, 3.8) is 0 Å². The summed E-state index contributed by atoms with van der Waals surface area (Å²) >= 11 is 0. The van der Waals surface area contributed by atoms with Gasteiger partial charge in [-0.15, -0.1) is 6.58 Å². The second-order valence-corrected chi connectivity index (χ2v) is 6.33. The topological polar surface area (TPSA) is 54.7 Å². The molecule has 0 spiro atoms. The number of fused-ring (bicyclic) bond motifs is 5. The highest BCUT2D eigenvalue weighted by Gasteiger charge is 2.54. The molecule has 3 atom stereocenters. The number of carbonyl (C=O) groups is 1. The number of carboxylic acids is 1. The number of ether oxygens (including phenoxy) is 1. The minimum atomic E-state index is -0.744. The summed E-state index contributed by atoms with van der Waals surface area (Å²) in [6.07, 6.45) is 2.69. The summed E-state index contributed by atoms with van der Waals surface area (Å²) in [5.41, 5.74) is 3.52. The third-order valence-electron chi connectivity index (χ3n) is 5.44. The lowest BCUT2D eigenvalue weighted by Gasteiger charge is -2.54. The van der Waals surface area contributed by atoms with Crippen molar-refractivity contribution in [2.45, 2.75) is 18.5 Å². The number of rotatable bonds is 3. The molecule has 0 amide bonds. The van der Waals surface area contributed by atoms with Gasteiger partial charge in [-0.2, -0.15) is 0 Å². The van der Waals surface area contributed by atoms with Crippen LogP contribution in [-0.2, 0) is 18.3 Å². The van der Waals surface area contributed by atoms with Crippen molar-refractivity contribution < 1.29 is 14.6 Å². The Balaban J connectivity index is 1.91. The van der Waals surface area contributed by atoms with Gasteiger partial charge in [-0.1, -0.05) is 6.08 Å². The number of carboxylic acid groups (broad SMARTS) is 1. The second kappa shape index (κ2) is 4.86. The minimum Gasteiger partial charge on any atom is -0.497 e. The van der Waals surface area contributed by atoms with Crippen molar-refractivity contribution in [3.05, 3.63) is 42.1 Å². The lowest BCUT2D eigenvalue weighted by molar-refractivity contribution is -0.159. The van der Waals surface area contributed by atoms with Gasteiger partial charge < -0.3 is 14.4 Å². The van der Waals surface area contributed by atoms with Gasteiger partial charge in [0.1, 0.15) is 5.75 Å². The summed E-state index contributed by atoms with van der Waals surface area (Å²) in [4.78, 5) is 14.0. The molecular weight excluding hydrogens is 292 g/mol. The smallest absolute Gasteiger partial charge is 0.310 e.